The Kier molecular flexibility index (Phi) is 21.6. The molecule has 0 aliphatic carbocycles. The monoisotopic (exact) mass is 455 g/mol. The summed E-state index contributed by atoms with van der Waals surface area (Å²) in [4.78, 5) is 2.33. The summed E-state index contributed by atoms with van der Waals surface area (Å²) >= 11 is 0. The van der Waals surface area contributed by atoms with Crippen LogP contribution in [-0.4, -0.2) is 58.5 Å². The first kappa shape index (κ1) is 24.6. The topological polar surface area (TPSA) is 69.3 Å². The Hall–Kier alpha value is 0.601. The summed E-state index contributed by atoms with van der Waals surface area (Å²) in [7, 11) is 3.46. The molecule has 0 bridgehead atoms. The average Bonchev–Trinajstić information content (AvgIpc) is 2.34. The molecule has 0 fully saturated rings. The SMILES string of the molecule is COCCN(CCOC)CC1=CC[N-]C=C1.[Ag+].[Ag+].[NH2-]. The third-order valence-electron chi connectivity index (χ3n) is 2.48. The van der Waals surface area contributed by atoms with Crippen LogP contribution in [0.1, 0.15) is 0 Å². The standard InChI is InChI=1S/C12H21N2O2.2Ag.H2N/c1-15-9-7-14(8-10-16-2)11-12-3-5-13-6-4-12;;;/h3-5H,6-11H2,1-2H3;;;1H2/q-1;2*+1;-1. The van der Waals surface area contributed by atoms with Crippen molar-refractivity contribution in [3.05, 3.63) is 35.4 Å². The van der Waals surface area contributed by atoms with E-state index in [2.05, 4.69) is 22.4 Å². The van der Waals surface area contributed by atoms with Crippen LogP contribution in [0.5, 0.6) is 0 Å². The van der Waals surface area contributed by atoms with Crippen molar-refractivity contribution in [3.63, 3.8) is 0 Å². The Morgan fingerprint density at radius 3 is 2.16 bits per heavy atom. The molecular weight excluding hydrogens is 434 g/mol. The molecule has 0 saturated carbocycles. The van der Waals surface area contributed by atoms with Crippen LogP contribution in [0, 0.1) is 0 Å². The molecule has 0 amide bonds. The van der Waals surface area contributed by atoms with Crippen molar-refractivity contribution in [2.45, 2.75) is 0 Å². The summed E-state index contributed by atoms with van der Waals surface area (Å²) < 4.78 is 10.2. The van der Waals surface area contributed by atoms with Gasteiger partial charge in [0, 0.05) is 33.9 Å². The quantitative estimate of drug-likeness (QED) is 0.525. The van der Waals surface area contributed by atoms with Gasteiger partial charge in [0.15, 0.2) is 0 Å². The maximum atomic E-state index is 5.10. The van der Waals surface area contributed by atoms with Gasteiger partial charge in [0.2, 0.25) is 0 Å². The van der Waals surface area contributed by atoms with Crippen LogP contribution in [0.2, 0.25) is 0 Å². The third-order valence-corrected chi connectivity index (χ3v) is 2.48. The van der Waals surface area contributed by atoms with Crippen LogP contribution >= 0.6 is 0 Å². The first-order valence-electron chi connectivity index (χ1n) is 5.59. The first-order chi connectivity index (χ1) is 7.86. The van der Waals surface area contributed by atoms with Crippen LogP contribution in [-0.2, 0) is 54.2 Å². The van der Waals surface area contributed by atoms with E-state index < -0.39 is 0 Å². The molecule has 0 spiro atoms. The molecule has 19 heavy (non-hydrogen) atoms. The van der Waals surface area contributed by atoms with Gasteiger partial charge in [-0.3, -0.25) is 4.90 Å². The van der Waals surface area contributed by atoms with E-state index in [0.717, 1.165) is 39.4 Å². The fourth-order valence-corrected chi connectivity index (χ4v) is 1.53. The Morgan fingerprint density at radius 2 is 1.74 bits per heavy atom. The minimum Gasteiger partial charge on any atom is -0.693 e. The molecule has 2 N–H and O–H groups in total. The van der Waals surface area contributed by atoms with E-state index in [1.165, 1.54) is 5.57 Å². The molecule has 1 aliphatic rings. The van der Waals surface area contributed by atoms with Crippen molar-refractivity contribution in [3.8, 4) is 0 Å². The number of ether oxygens (including phenoxy) is 2. The Balaban J connectivity index is -0.000000853. The smallest absolute Gasteiger partial charge is 0.693 e. The number of nitrogens with two attached hydrogens (primary N) is 1. The predicted octanol–water partition coefficient (Wildman–Crippen LogP) is 2.12. The largest absolute Gasteiger partial charge is 1.00 e. The predicted molar refractivity (Wildman–Crippen MR) is 70.9 cm³/mol. The maximum Gasteiger partial charge on any atom is 1.00 e. The van der Waals surface area contributed by atoms with E-state index in [1.807, 2.05) is 6.20 Å². The van der Waals surface area contributed by atoms with Gasteiger partial charge in [-0.15, -0.1) is 6.54 Å². The van der Waals surface area contributed by atoms with Crippen LogP contribution < -0.4 is 0 Å². The third kappa shape index (κ3) is 12.1. The summed E-state index contributed by atoms with van der Waals surface area (Å²) in [5.74, 6) is 0. The minimum absolute atomic E-state index is 0. The Morgan fingerprint density at radius 1 is 1.16 bits per heavy atom. The summed E-state index contributed by atoms with van der Waals surface area (Å²) in [5.41, 5.74) is 1.32. The molecule has 0 unspecified atom stereocenters. The minimum atomic E-state index is 0. The second-order valence-electron chi connectivity index (χ2n) is 3.72. The fourth-order valence-electron chi connectivity index (χ4n) is 1.53. The van der Waals surface area contributed by atoms with Gasteiger partial charge in [0.05, 0.1) is 13.2 Å². The molecule has 5 nitrogen and oxygen atoms in total. The second-order valence-corrected chi connectivity index (χ2v) is 3.72. The van der Waals surface area contributed by atoms with Crippen LogP contribution in [0.15, 0.2) is 23.9 Å². The zero-order valence-electron chi connectivity index (χ0n) is 11.4. The number of hydrogen-bond donors (Lipinski definition) is 0. The van der Waals surface area contributed by atoms with Crippen LogP contribution in [0.3, 0.4) is 0 Å². The number of methoxy groups -OCH3 is 2. The van der Waals surface area contributed by atoms with Gasteiger partial charge in [0.25, 0.3) is 0 Å². The van der Waals surface area contributed by atoms with Crippen LogP contribution in [0.4, 0.5) is 0 Å². The van der Waals surface area contributed by atoms with Crippen molar-refractivity contribution in [1.29, 1.82) is 0 Å². The normalized spacial score (nSPS) is 12.7. The fraction of sp³-hybridized carbons (Fsp3) is 0.667. The number of rotatable bonds is 8. The van der Waals surface area contributed by atoms with Gasteiger partial charge in [-0.25, -0.2) is 0 Å². The van der Waals surface area contributed by atoms with E-state index >= 15 is 0 Å². The number of nitrogens with zero attached hydrogens (tertiary/aromatic N) is 2. The molecule has 0 aromatic heterocycles. The van der Waals surface area contributed by atoms with Crippen molar-refractivity contribution < 1.29 is 54.2 Å². The summed E-state index contributed by atoms with van der Waals surface area (Å²) in [5, 5.41) is 4.13. The van der Waals surface area contributed by atoms with E-state index in [-0.39, 0.29) is 50.9 Å². The number of hydrogen-bond acceptors (Lipinski definition) is 3. The van der Waals surface area contributed by atoms with Crippen molar-refractivity contribution in [2.75, 3.05) is 53.6 Å². The van der Waals surface area contributed by atoms with E-state index in [4.69, 9.17) is 9.47 Å². The zero-order valence-corrected chi connectivity index (χ0v) is 14.3. The summed E-state index contributed by atoms with van der Waals surface area (Å²) in [6.07, 6.45) is 6.10. The molecule has 1 aliphatic heterocycles. The van der Waals surface area contributed by atoms with Crippen molar-refractivity contribution in [1.82, 2.24) is 4.90 Å². The van der Waals surface area contributed by atoms with Crippen molar-refractivity contribution in [2.24, 2.45) is 0 Å². The molecule has 7 heteroatoms. The molecule has 1 heterocycles. The summed E-state index contributed by atoms with van der Waals surface area (Å²) in [6, 6.07) is 0. The van der Waals surface area contributed by atoms with Gasteiger partial charge < -0.3 is 20.9 Å². The van der Waals surface area contributed by atoms with E-state index in [1.54, 1.807) is 14.2 Å². The van der Waals surface area contributed by atoms with E-state index in [0.29, 0.717) is 0 Å². The molecule has 120 valence electrons. The second kappa shape index (κ2) is 16.7. The molecule has 0 radical (unpaired) electrons. The zero-order chi connectivity index (χ0) is 11.6. The molecule has 0 aromatic rings. The Labute approximate surface area is 147 Å². The van der Waals surface area contributed by atoms with Gasteiger partial charge in [-0.1, -0.05) is 12.2 Å². The van der Waals surface area contributed by atoms with Crippen molar-refractivity contribution >= 4 is 0 Å². The van der Waals surface area contributed by atoms with Gasteiger partial charge in [-0.2, -0.15) is 6.20 Å². The average molecular weight is 457 g/mol. The van der Waals surface area contributed by atoms with Gasteiger partial charge in [-0.05, 0) is 5.57 Å². The van der Waals surface area contributed by atoms with Gasteiger partial charge in [0.1, 0.15) is 0 Å². The summed E-state index contributed by atoms with van der Waals surface area (Å²) in [6.45, 7) is 5.12. The molecule has 1 rings (SSSR count). The molecule has 0 atom stereocenters. The molecule has 0 aromatic carbocycles. The molecule has 0 saturated heterocycles. The maximum absolute atomic E-state index is 5.10. The van der Waals surface area contributed by atoms with Crippen LogP contribution in [0.25, 0.3) is 11.5 Å². The first-order valence-corrected chi connectivity index (χ1v) is 5.59. The molecular formula is C12H23Ag2N3O2. The van der Waals surface area contributed by atoms with E-state index in [9.17, 15) is 0 Å². The van der Waals surface area contributed by atoms with Gasteiger partial charge >= 0.3 is 44.8 Å². The Bertz CT molecular complexity index is 243.